The van der Waals surface area contributed by atoms with E-state index in [1.807, 2.05) is 43.3 Å². The fourth-order valence-electron chi connectivity index (χ4n) is 3.56. The molecule has 0 fully saturated rings. The molecule has 1 N–H and O–H groups in total. The molecule has 0 radical (unpaired) electrons. The molecule has 2 aromatic carbocycles. The molecule has 0 aliphatic rings. The van der Waals surface area contributed by atoms with Gasteiger partial charge in [-0.2, -0.15) is 13.2 Å². The molecule has 0 saturated heterocycles. The molecule has 2 atom stereocenters. The van der Waals surface area contributed by atoms with E-state index in [9.17, 15) is 18.0 Å². The second-order valence-electron chi connectivity index (χ2n) is 8.75. The number of amides is 1. The molecule has 186 valence electrons. The molecule has 0 saturated carbocycles. The summed E-state index contributed by atoms with van der Waals surface area (Å²) in [7, 11) is 0. The number of halogens is 5. The summed E-state index contributed by atoms with van der Waals surface area (Å²) in [6.45, 7) is 4.95. The van der Waals surface area contributed by atoms with Crippen molar-refractivity contribution in [2.45, 2.75) is 50.9 Å². The summed E-state index contributed by atoms with van der Waals surface area (Å²) in [5.74, 6) is -0.611. The number of carbonyl (C=O) groups excluding carboxylic acids is 1. The van der Waals surface area contributed by atoms with Crippen molar-refractivity contribution in [1.29, 1.82) is 0 Å². The third-order valence-corrected chi connectivity index (χ3v) is 6.10. The maximum atomic E-state index is 13.1. The molecule has 3 rings (SSSR count). The van der Waals surface area contributed by atoms with E-state index >= 15 is 0 Å². The van der Waals surface area contributed by atoms with Gasteiger partial charge in [0, 0.05) is 34.3 Å². The first kappa shape index (κ1) is 26.8. The van der Waals surface area contributed by atoms with E-state index in [0.717, 1.165) is 23.3 Å². The highest BCUT2D eigenvalue weighted by atomic mass is 35.5. The Hall–Kier alpha value is -2.77. The Morgan fingerprint density at radius 3 is 2.06 bits per heavy atom. The minimum atomic E-state index is -4.51. The number of nitrogens with one attached hydrogen (secondary N) is 1. The molecule has 0 aliphatic heterocycles. The Bertz CT molecular complexity index is 1130. The van der Waals surface area contributed by atoms with Gasteiger partial charge in [-0.25, -0.2) is 4.98 Å². The lowest BCUT2D eigenvalue weighted by atomic mass is 9.86. The number of hydrogen-bond donors (Lipinski definition) is 1. The average molecular weight is 525 g/mol. The number of alkyl halides is 3. The van der Waals surface area contributed by atoms with Crippen LogP contribution in [0.4, 0.5) is 13.2 Å². The van der Waals surface area contributed by atoms with Crippen LogP contribution >= 0.6 is 23.2 Å². The van der Waals surface area contributed by atoms with E-state index < -0.39 is 23.2 Å². The van der Waals surface area contributed by atoms with Crippen LogP contribution in [0.3, 0.4) is 0 Å². The zero-order valence-electron chi connectivity index (χ0n) is 19.4. The van der Waals surface area contributed by atoms with Gasteiger partial charge in [0.05, 0.1) is 5.56 Å². The van der Waals surface area contributed by atoms with Crippen LogP contribution in [-0.4, -0.2) is 22.5 Å². The summed E-state index contributed by atoms with van der Waals surface area (Å²) >= 11 is 12.1. The summed E-state index contributed by atoms with van der Waals surface area (Å²) in [5.41, 5.74) is -0.250. The molecule has 0 aliphatic carbocycles. The van der Waals surface area contributed by atoms with E-state index in [1.54, 1.807) is 12.1 Å². The monoisotopic (exact) mass is 524 g/mol. The normalized spacial score (nSPS) is 13.7. The molecule has 3 aromatic rings. The maximum Gasteiger partial charge on any atom is 0.417 e. The van der Waals surface area contributed by atoms with Crippen molar-refractivity contribution in [2.24, 2.45) is 0 Å². The molecule has 35 heavy (non-hydrogen) atoms. The second kappa shape index (κ2) is 10.9. The van der Waals surface area contributed by atoms with Gasteiger partial charge in [-0.1, -0.05) is 47.5 Å². The van der Waals surface area contributed by atoms with Crippen LogP contribution < -0.4 is 10.1 Å². The van der Waals surface area contributed by atoms with Crippen molar-refractivity contribution in [1.82, 2.24) is 10.3 Å². The SMILES string of the molecule is CC(NC(=O)C(C)(C)Oc1ccc(C(F)(F)F)cn1)C(Cc1ccc(Cl)cc1)c1ccc(Cl)cc1. The predicted octanol–water partition coefficient (Wildman–Crippen LogP) is 7.10. The second-order valence-corrected chi connectivity index (χ2v) is 9.62. The molecular weight excluding hydrogens is 500 g/mol. The lowest BCUT2D eigenvalue weighted by Crippen LogP contribution is -2.51. The van der Waals surface area contributed by atoms with E-state index in [0.29, 0.717) is 22.7 Å². The van der Waals surface area contributed by atoms with Gasteiger partial charge in [0.15, 0.2) is 5.60 Å². The van der Waals surface area contributed by atoms with Gasteiger partial charge in [0.2, 0.25) is 5.88 Å². The molecule has 0 bridgehead atoms. The molecule has 2 unspecified atom stereocenters. The van der Waals surface area contributed by atoms with E-state index in [1.165, 1.54) is 13.8 Å². The van der Waals surface area contributed by atoms with Crippen LogP contribution in [0.2, 0.25) is 10.0 Å². The summed E-state index contributed by atoms with van der Waals surface area (Å²) in [5, 5.41) is 4.23. The number of ether oxygens (including phenoxy) is 1. The van der Waals surface area contributed by atoms with Gasteiger partial charge >= 0.3 is 6.18 Å². The summed E-state index contributed by atoms with van der Waals surface area (Å²) < 4.78 is 44.0. The number of hydrogen-bond acceptors (Lipinski definition) is 3. The highest BCUT2D eigenvalue weighted by molar-refractivity contribution is 6.30. The van der Waals surface area contributed by atoms with Gasteiger partial charge in [-0.05, 0) is 68.7 Å². The minimum Gasteiger partial charge on any atom is -0.462 e. The van der Waals surface area contributed by atoms with Crippen molar-refractivity contribution in [2.75, 3.05) is 0 Å². The van der Waals surface area contributed by atoms with Crippen molar-refractivity contribution < 1.29 is 22.7 Å². The standard InChI is InChI=1S/C26H25Cl2F3N2O2/c1-16(22(18-6-11-21(28)12-7-18)14-17-4-9-20(27)10-5-17)33-24(34)25(2,3)35-23-13-8-19(15-32-23)26(29,30)31/h4-13,15-16,22H,14H2,1-3H3,(H,33,34). The Labute approximate surface area is 212 Å². The number of nitrogens with zero attached hydrogens (tertiary/aromatic N) is 1. The van der Waals surface area contributed by atoms with E-state index in [2.05, 4.69) is 10.3 Å². The number of benzene rings is 2. The number of pyridine rings is 1. The highest BCUT2D eigenvalue weighted by Gasteiger charge is 2.34. The first-order valence-corrected chi connectivity index (χ1v) is 11.6. The molecule has 1 heterocycles. The fraction of sp³-hybridized carbons (Fsp3) is 0.308. The Morgan fingerprint density at radius 2 is 1.54 bits per heavy atom. The van der Waals surface area contributed by atoms with E-state index in [4.69, 9.17) is 27.9 Å². The molecule has 1 aromatic heterocycles. The fourth-order valence-corrected chi connectivity index (χ4v) is 3.82. The maximum absolute atomic E-state index is 13.1. The first-order valence-electron chi connectivity index (χ1n) is 10.9. The van der Waals surface area contributed by atoms with Crippen molar-refractivity contribution in [3.8, 4) is 5.88 Å². The highest BCUT2D eigenvalue weighted by Crippen LogP contribution is 2.30. The van der Waals surface area contributed by atoms with Crippen molar-refractivity contribution in [3.05, 3.63) is 93.6 Å². The summed E-state index contributed by atoms with van der Waals surface area (Å²) in [6, 6.07) is 16.6. The largest absolute Gasteiger partial charge is 0.462 e. The quantitative estimate of drug-likeness (QED) is 0.342. The van der Waals surface area contributed by atoms with Gasteiger partial charge in [0.1, 0.15) is 0 Å². The molecule has 4 nitrogen and oxygen atoms in total. The molecule has 0 spiro atoms. The predicted molar refractivity (Wildman–Crippen MR) is 131 cm³/mol. The minimum absolute atomic E-state index is 0.0822. The third kappa shape index (κ3) is 7.36. The molecule has 9 heteroatoms. The van der Waals surface area contributed by atoms with E-state index in [-0.39, 0.29) is 17.8 Å². The van der Waals surface area contributed by atoms with Gasteiger partial charge in [-0.3, -0.25) is 4.79 Å². The van der Waals surface area contributed by atoms with Crippen LogP contribution in [0.25, 0.3) is 0 Å². The van der Waals surface area contributed by atoms with Crippen molar-refractivity contribution in [3.63, 3.8) is 0 Å². The zero-order chi connectivity index (χ0) is 25.8. The Balaban J connectivity index is 1.75. The molecule has 1 amide bonds. The topological polar surface area (TPSA) is 51.2 Å². The summed E-state index contributed by atoms with van der Waals surface area (Å²) in [6.07, 6.45) is -3.20. The lowest BCUT2D eigenvalue weighted by Gasteiger charge is -2.30. The number of rotatable bonds is 8. The van der Waals surface area contributed by atoms with Crippen LogP contribution in [0.5, 0.6) is 5.88 Å². The van der Waals surface area contributed by atoms with Gasteiger partial charge in [-0.15, -0.1) is 0 Å². The average Bonchev–Trinajstić information content (AvgIpc) is 2.79. The van der Waals surface area contributed by atoms with Crippen LogP contribution in [0.1, 0.15) is 43.4 Å². The van der Waals surface area contributed by atoms with Crippen LogP contribution in [0.15, 0.2) is 66.9 Å². The lowest BCUT2D eigenvalue weighted by molar-refractivity contribution is -0.138. The van der Waals surface area contributed by atoms with Crippen molar-refractivity contribution >= 4 is 29.1 Å². The molecular formula is C26H25Cl2F3N2O2. The Kier molecular flexibility index (Phi) is 8.34. The number of aromatic nitrogens is 1. The zero-order valence-corrected chi connectivity index (χ0v) is 20.9. The Morgan fingerprint density at radius 1 is 0.971 bits per heavy atom. The van der Waals surface area contributed by atoms with Gasteiger partial charge < -0.3 is 10.1 Å². The van der Waals surface area contributed by atoms with Crippen LogP contribution in [0, 0.1) is 0 Å². The van der Waals surface area contributed by atoms with Gasteiger partial charge in [0.25, 0.3) is 5.91 Å². The third-order valence-electron chi connectivity index (χ3n) is 5.60. The van der Waals surface area contributed by atoms with Crippen LogP contribution in [-0.2, 0) is 17.4 Å². The number of carbonyl (C=O) groups is 1. The smallest absolute Gasteiger partial charge is 0.417 e. The summed E-state index contributed by atoms with van der Waals surface area (Å²) in [4.78, 5) is 16.8. The first-order chi connectivity index (χ1) is 16.3.